The molecule has 5 saturated carbocycles. The predicted molar refractivity (Wildman–Crippen MR) is 224 cm³/mol. The first-order valence-corrected chi connectivity index (χ1v) is 22.4. The second-order valence-electron chi connectivity index (χ2n) is 19.3. The number of hydrogen-bond acceptors (Lipinski definition) is 7. The lowest BCUT2D eigenvalue weighted by atomic mass is 9.51. The average Bonchev–Trinajstić information content (AvgIpc) is 3.93. The van der Waals surface area contributed by atoms with Gasteiger partial charge in [-0.2, -0.15) is 0 Å². The smallest absolute Gasteiger partial charge is 0.407 e. The van der Waals surface area contributed by atoms with Crippen molar-refractivity contribution >= 4 is 47.2 Å². The number of aromatic amines is 2. The van der Waals surface area contributed by atoms with E-state index in [0.29, 0.717) is 33.7 Å². The fourth-order valence-corrected chi connectivity index (χ4v) is 12.2. The van der Waals surface area contributed by atoms with Gasteiger partial charge in [-0.25, -0.2) is 19.6 Å². The Bertz CT molecular complexity index is 2180. The second-order valence-corrected chi connectivity index (χ2v) is 20.0. The summed E-state index contributed by atoms with van der Waals surface area (Å²) >= 11 is 13.8. The predicted octanol–water partition coefficient (Wildman–Crippen LogP) is 7.99. The summed E-state index contributed by atoms with van der Waals surface area (Å²) in [4.78, 5) is 73.7. The van der Waals surface area contributed by atoms with Crippen LogP contribution in [0.1, 0.15) is 127 Å². The van der Waals surface area contributed by atoms with Crippen molar-refractivity contribution in [3.63, 3.8) is 0 Å². The number of nitrogens with one attached hydrogen (secondary N) is 3. The van der Waals surface area contributed by atoms with Gasteiger partial charge in [-0.05, 0) is 98.9 Å². The van der Waals surface area contributed by atoms with Crippen molar-refractivity contribution in [2.24, 2.45) is 23.7 Å². The van der Waals surface area contributed by atoms with Gasteiger partial charge in [-0.1, -0.05) is 75.2 Å². The number of nitrogens with zero attached hydrogens (tertiary/aromatic N) is 5. The van der Waals surface area contributed by atoms with Crippen LogP contribution >= 0.6 is 23.2 Å². The molecule has 0 radical (unpaired) electrons. The summed E-state index contributed by atoms with van der Waals surface area (Å²) in [5.74, 6) is 1.58. The monoisotopic (exact) mass is 862 g/mol. The number of carbonyl (C=O) groups excluding carboxylic acids is 3. The average molecular weight is 864 g/mol. The molecule has 2 saturated heterocycles. The number of carboxylic acid groups (broad SMARTS) is 1. The Morgan fingerprint density at radius 2 is 1.37 bits per heavy atom. The lowest BCUT2D eigenvalue weighted by molar-refractivity contribution is -0.140. The molecule has 322 valence electrons. The van der Waals surface area contributed by atoms with Crippen LogP contribution in [-0.4, -0.2) is 102 Å². The topological polar surface area (TPSA) is 177 Å². The SMILES string of the molecule is COC(=O)N[C@H](C(=O)N1[C@@H]2C[C@H]2C[C@H]1c1nc(Cl)c(C23CCC(c4ccc(-c5nc([C@@H]6C[C@H]7C[C@H]7N6C(=O)[C@H](C(C)C)N(C)C(=O)O)[nH]c5Cl)cc4)(CC2)CC3)[nH]1)C(C)C. The number of imidazole rings is 2. The number of carbonyl (C=O) groups is 4. The molecule has 0 spiro atoms. The van der Waals surface area contributed by atoms with Crippen molar-refractivity contribution in [3.05, 3.63) is 57.5 Å². The Morgan fingerprint density at radius 1 is 0.817 bits per heavy atom. The van der Waals surface area contributed by atoms with E-state index in [0.717, 1.165) is 86.2 Å². The van der Waals surface area contributed by atoms with Crippen LogP contribution in [0.5, 0.6) is 0 Å². The Kier molecular flexibility index (Phi) is 10.2. The highest BCUT2D eigenvalue weighted by Crippen LogP contribution is 2.60. The van der Waals surface area contributed by atoms with Crippen molar-refractivity contribution in [2.75, 3.05) is 14.2 Å². The van der Waals surface area contributed by atoms with E-state index in [2.05, 4.69) is 39.6 Å². The van der Waals surface area contributed by atoms with Gasteiger partial charge in [0.1, 0.15) is 34.6 Å². The number of likely N-dealkylation sites (tertiary alicyclic amines) is 2. The Labute approximate surface area is 360 Å². The van der Waals surface area contributed by atoms with Crippen LogP contribution in [0, 0.1) is 23.7 Å². The first-order valence-electron chi connectivity index (χ1n) is 21.6. The summed E-state index contributed by atoms with van der Waals surface area (Å²) in [5, 5.41) is 13.4. The highest BCUT2D eigenvalue weighted by molar-refractivity contribution is 6.32. The molecule has 4 heterocycles. The van der Waals surface area contributed by atoms with Gasteiger partial charge in [-0.15, -0.1) is 0 Å². The standard InChI is InChI=1S/C44H56Cl2N8O6/c1-21(2)31(48-41(57)60-6)39(55)53-27-17-24(27)20-30(53)38-49-34(36(46)51-38)44-14-11-43(12-15-44,13-16-44)26-9-7-23(8-10-26)32-35(45)50-37(47-32)29-19-25-18-28(25)54(29)40(56)33(22(3)4)52(5)42(58)59/h7-10,21-22,24-25,27-31,33H,11-20H2,1-6H3,(H,47,50)(H,48,57)(H,49,51)(H,58,59)/t24-,25+,27+,28+,29-,30-,31-,33-,43?,44?/m0/s1. The van der Waals surface area contributed by atoms with E-state index in [9.17, 15) is 24.3 Å². The number of aromatic nitrogens is 4. The number of ether oxygens (including phenoxy) is 1. The maximum Gasteiger partial charge on any atom is 0.407 e. The molecule has 60 heavy (non-hydrogen) atoms. The van der Waals surface area contributed by atoms with Crippen LogP contribution in [-0.2, 0) is 25.2 Å². The van der Waals surface area contributed by atoms with E-state index in [1.807, 2.05) is 37.5 Å². The molecule has 8 atom stereocenters. The summed E-state index contributed by atoms with van der Waals surface area (Å²) in [6.45, 7) is 7.60. The molecule has 10 rings (SSSR count). The zero-order valence-corrected chi connectivity index (χ0v) is 36.6. The summed E-state index contributed by atoms with van der Waals surface area (Å²) in [6, 6.07) is 6.86. The molecule has 7 aliphatic rings. The van der Waals surface area contributed by atoms with Gasteiger partial charge >= 0.3 is 12.2 Å². The number of hydrogen-bond donors (Lipinski definition) is 4. The van der Waals surface area contributed by atoms with E-state index in [1.54, 1.807) is 0 Å². The maximum absolute atomic E-state index is 14.0. The van der Waals surface area contributed by atoms with Gasteiger partial charge in [-0.3, -0.25) is 14.5 Å². The first kappa shape index (κ1) is 41.1. The number of benzene rings is 1. The largest absolute Gasteiger partial charge is 0.465 e. The summed E-state index contributed by atoms with van der Waals surface area (Å²) in [5.41, 5.74) is 3.76. The molecule has 1 aromatic carbocycles. The minimum atomic E-state index is -1.12. The molecule has 2 aliphatic heterocycles. The van der Waals surface area contributed by atoms with Gasteiger partial charge in [0.05, 0.1) is 24.9 Å². The number of H-pyrrole nitrogens is 2. The van der Waals surface area contributed by atoms with Crippen molar-refractivity contribution in [1.82, 2.24) is 40.0 Å². The van der Waals surface area contributed by atoms with E-state index in [-0.39, 0.29) is 58.6 Å². The van der Waals surface area contributed by atoms with Crippen molar-refractivity contribution in [2.45, 2.75) is 139 Å². The van der Waals surface area contributed by atoms with E-state index in [1.165, 1.54) is 19.7 Å². The third kappa shape index (κ3) is 6.74. The molecule has 3 aromatic rings. The highest BCUT2D eigenvalue weighted by Gasteiger charge is 2.59. The van der Waals surface area contributed by atoms with Crippen molar-refractivity contribution in [1.29, 1.82) is 0 Å². The highest BCUT2D eigenvalue weighted by atomic mass is 35.5. The number of likely N-dealkylation sites (N-methyl/N-ethyl adjacent to an activating group) is 1. The van der Waals surface area contributed by atoms with Crippen LogP contribution in [0.15, 0.2) is 24.3 Å². The number of piperidine rings is 2. The molecular formula is C44H56Cl2N8O6. The molecular weight excluding hydrogens is 807 g/mol. The van der Waals surface area contributed by atoms with Crippen molar-refractivity contribution < 1.29 is 29.0 Å². The fraction of sp³-hybridized carbons (Fsp3) is 0.636. The second kappa shape index (κ2) is 15.0. The third-order valence-electron chi connectivity index (χ3n) is 15.2. The molecule has 4 amide bonds. The van der Waals surface area contributed by atoms with Crippen molar-refractivity contribution in [3.8, 4) is 11.3 Å². The first-order chi connectivity index (χ1) is 28.6. The zero-order valence-electron chi connectivity index (χ0n) is 35.1. The van der Waals surface area contributed by atoms with Gasteiger partial charge in [0.2, 0.25) is 11.8 Å². The van der Waals surface area contributed by atoms with Gasteiger partial charge < -0.3 is 34.9 Å². The molecule has 16 heteroatoms. The lowest BCUT2D eigenvalue weighted by Crippen LogP contribution is -2.52. The Hall–Kier alpha value is -4.30. The molecule has 4 N–H and O–H groups in total. The van der Waals surface area contributed by atoms with E-state index in [4.69, 9.17) is 37.9 Å². The lowest BCUT2D eigenvalue weighted by Gasteiger charge is -2.53. The molecule has 2 aromatic heterocycles. The van der Waals surface area contributed by atoms with Gasteiger partial charge in [0.15, 0.2) is 5.15 Å². The van der Waals surface area contributed by atoms with Crippen LogP contribution in [0.3, 0.4) is 0 Å². The van der Waals surface area contributed by atoms with Crippen LogP contribution in [0.2, 0.25) is 10.3 Å². The number of fused-ring (bicyclic) bond motifs is 5. The molecule has 5 aliphatic carbocycles. The van der Waals surface area contributed by atoms with Crippen LogP contribution in [0.25, 0.3) is 11.3 Å². The minimum Gasteiger partial charge on any atom is -0.465 e. The number of alkyl carbamates (subject to hydrolysis) is 1. The molecule has 14 nitrogen and oxygen atoms in total. The van der Waals surface area contributed by atoms with Crippen LogP contribution in [0.4, 0.5) is 9.59 Å². The maximum atomic E-state index is 14.0. The zero-order chi connectivity index (χ0) is 42.6. The Morgan fingerprint density at radius 3 is 1.90 bits per heavy atom. The fourth-order valence-electron chi connectivity index (χ4n) is 11.6. The minimum absolute atomic E-state index is 0.0480. The number of methoxy groups -OCH3 is 1. The quantitative estimate of drug-likeness (QED) is 0.150. The number of halogens is 2. The van der Waals surface area contributed by atoms with Crippen LogP contribution < -0.4 is 5.32 Å². The third-order valence-corrected chi connectivity index (χ3v) is 15.8. The summed E-state index contributed by atoms with van der Waals surface area (Å²) in [7, 11) is 2.77. The summed E-state index contributed by atoms with van der Waals surface area (Å²) < 4.78 is 4.83. The molecule has 2 bridgehead atoms. The van der Waals surface area contributed by atoms with E-state index < -0.39 is 24.3 Å². The Balaban J connectivity index is 0.888. The van der Waals surface area contributed by atoms with Gasteiger partial charge in [0, 0.05) is 30.1 Å². The summed E-state index contributed by atoms with van der Waals surface area (Å²) in [6.07, 6.45) is 7.70. The van der Waals surface area contributed by atoms with E-state index >= 15 is 0 Å². The number of rotatable bonds is 11. The molecule has 7 fully saturated rings. The number of amides is 4. The normalized spacial score (nSPS) is 30.9. The molecule has 0 unspecified atom stereocenters. The van der Waals surface area contributed by atoms with Gasteiger partial charge in [0.25, 0.3) is 0 Å².